The molecule has 1 aliphatic heterocycles. The number of nitrogens with zero attached hydrogens (tertiary/aromatic N) is 1. The summed E-state index contributed by atoms with van der Waals surface area (Å²) in [7, 11) is 1.45. The summed E-state index contributed by atoms with van der Waals surface area (Å²) in [6.07, 6.45) is 3.36. The summed E-state index contributed by atoms with van der Waals surface area (Å²) in [5.41, 5.74) is -0.583. The number of carbonyl (C=O) groups is 1. The molecule has 1 N–H and O–H groups in total. The second-order valence-electron chi connectivity index (χ2n) is 5.60. The van der Waals surface area contributed by atoms with E-state index in [0.29, 0.717) is 6.10 Å². The number of hydrogen-bond donors (Lipinski definition) is 1. The van der Waals surface area contributed by atoms with Crippen molar-refractivity contribution in [3.63, 3.8) is 0 Å². The highest BCUT2D eigenvalue weighted by Gasteiger charge is 2.34. The Morgan fingerprint density at radius 2 is 2.00 bits per heavy atom. The standard InChI is InChI=1S/C15H30N2O3/c1-5-16-15(3,14(18)19-4)9-12-17-10-7-13(8-11-17)20-6-2/h13,16H,5-12H2,1-4H3. The molecule has 118 valence electrons. The van der Waals surface area contributed by atoms with Crippen molar-refractivity contribution in [3.05, 3.63) is 0 Å². The summed E-state index contributed by atoms with van der Waals surface area (Å²) in [5, 5.41) is 3.25. The maximum Gasteiger partial charge on any atom is 0.325 e. The van der Waals surface area contributed by atoms with Gasteiger partial charge in [0, 0.05) is 26.2 Å². The number of likely N-dealkylation sites (N-methyl/N-ethyl adjacent to an activating group) is 1. The Kier molecular flexibility index (Phi) is 7.48. The first-order chi connectivity index (χ1) is 9.55. The lowest BCUT2D eigenvalue weighted by molar-refractivity contribution is -0.148. The Bertz CT molecular complexity index is 291. The van der Waals surface area contributed by atoms with Gasteiger partial charge in [0.1, 0.15) is 5.54 Å². The van der Waals surface area contributed by atoms with Crippen molar-refractivity contribution in [1.29, 1.82) is 0 Å². The van der Waals surface area contributed by atoms with E-state index in [-0.39, 0.29) is 5.97 Å². The lowest BCUT2D eigenvalue weighted by Crippen LogP contribution is -2.52. The van der Waals surface area contributed by atoms with E-state index in [1.54, 1.807) is 0 Å². The highest BCUT2D eigenvalue weighted by atomic mass is 16.5. The Hall–Kier alpha value is -0.650. The Morgan fingerprint density at radius 3 is 2.50 bits per heavy atom. The molecule has 0 aromatic carbocycles. The van der Waals surface area contributed by atoms with E-state index in [1.165, 1.54) is 7.11 Å². The van der Waals surface area contributed by atoms with Crippen LogP contribution in [0.2, 0.25) is 0 Å². The second-order valence-corrected chi connectivity index (χ2v) is 5.60. The van der Waals surface area contributed by atoms with E-state index in [1.807, 2.05) is 20.8 Å². The topological polar surface area (TPSA) is 50.8 Å². The highest BCUT2D eigenvalue weighted by Crippen LogP contribution is 2.17. The van der Waals surface area contributed by atoms with Gasteiger partial charge in [-0.05, 0) is 39.7 Å². The van der Waals surface area contributed by atoms with Gasteiger partial charge in [0.15, 0.2) is 0 Å². The fraction of sp³-hybridized carbons (Fsp3) is 0.933. The molecule has 5 heteroatoms. The third-order valence-electron chi connectivity index (χ3n) is 4.07. The van der Waals surface area contributed by atoms with Crippen molar-refractivity contribution >= 4 is 5.97 Å². The monoisotopic (exact) mass is 286 g/mol. The minimum atomic E-state index is -0.583. The number of hydrogen-bond acceptors (Lipinski definition) is 5. The number of likely N-dealkylation sites (tertiary alicyclic amines) is 1. The van der Waals surface area contributed by atoms with Crippen molar-refractivity contribution in [3.8, 4) is 0 Å². The second kappa shape index (κ2) is 8.60. The van der Waals surface area contributed by atoms with Gasteiger partial charge in [0.05, 0.1) is 13.2 Å². The summed E-state index contributed by atoms with van der Waals surface area (Å²) < 4.78 is 10.6. The van der Waals surface area contributed by atoms with E-state index in [4.69, 9.17) is 9.47 Å². The molecule has 0 amide bonds. The van der Waals surface area contributed by atoms with Crippen LogP contribution in [0.1, 0.15) is 40.0 Å². The molecule has 1 heterocycles. The van der Waals surface area contributed by atoms with Crippen LogP contribution in [0.3, 0.4) is 0 Å². The summed E-state index contributed by atoms with van der Waals surface area (Å²) in [6.45, 7) is 10.6. The first-order valence-corrected chi connectivity index (χ1v) is 7.73. The fourth-order valence-electron chi connectivity index (χ4n) is 2.80. The Balaban J connectivity index is 2.39. The molecule has 1 aliphatic rings. The summed E-state index contributed by atoms with van der Waals surface area (Å²) >= 11 is 0. The Morgan fingerprint density at radius 1 is 1.35 bits per heavy atom. The first kappa shape index (κ1) is 17.4. The molecule has 1 fully saturated rings. The molecular weight excluding hydrogens is 256 g/mol. The summed E-state index contributed by atoms with van der Waals surface area (Å²) in [6, 6.07) is 0. The average Bonchev–Trinajstić information content (AvgIpc) is 2.46. The number of esters is 1. The maximum atomic E-state index is 11.9. The van der Waals surface area contributed by atoms with Gasteiger partial charge >= 0.3 is 5.97 Å². The number of methoxy groups -OCH3 is 1. The fourth-order valence-corrected chi connectivity index (χ4v) is 2.80. The van der Waals surface area contributed by atoms with Gasteiger partial charge in [0.2, 0.25) is 0 Å². The largest absolute Gasteiger partial charge is 0.468 e. The average molecular weight is 286 g/mol. The van der Waals surface area contributed by atoms with Crippen LogP contribution in [0.4, 0.5) is 0 Å². The van der Waals surface area contributed by atoms with Crippen LogP contribution in [0.25, 0.3) is 0 Å². The zero-order valence-electron chi connectivity index (χ0n) is 13.4. The molecule has 1 saturated heterocycles. The molecule has 0 saturated carbocycles. The van der Waals surface area contributed by atoms with Gasteiger partial charge in [-0.2, -0.15) is 0 Å². The molecule has 20 heavy (non-hydrogen) atoms. The van der Waals surface area contributed by atoms with Crippen LogP contribution in [0, 0.1) is 0 Å². The number of carbonyl (C=O) groups excluding carboxylic acids is 1. The zero-order chi connectivity index (χ0) is 15.0. The third-order valence-corrected chi connectivity index (χ3v) is 4.07. The van der Waals surface area contributed by atoms with E-state index in [0.717, 1.165) is 52.0 Å². The molecular formula is C15H30N2O3. The first-order valence-electron chi connectivity index (χ1n) is 7.73. The minimum absolute atomic E-state index is 0.177. The molecule has 5 nitrogen and oxygen atoms in total. The van der Waals surface area contributed by atoms with E-state index >= 15 is 0 Å². The summed E-state index contributed by atoms with van der Waals surface area (Å²) in [4.78, 5) is 14.3. The van der Waals surface area contributed by atoms with Crippen LogP contribution < -0.4 is 5.32 Å². The van der Waals surface area contributed by atoms with Crippen molar-refractivity contribution in [2.75, 3.05) is 39.9 Å². The predicted octanol–water partition coefficient (Wildman–Crippen LogP) is 1.42. The van der Waals surface area contributed by atoms with Gasteiger partial charge in [-0.25, -0.2) is 0 Å². The van der Waals surface area contributed by atoms with Gasteiger partial charge in [0.25, 0.3) is 0 Å². The van der Waals surface area contributed by atoms with Gasteiger partial charge in [-0.1, -0.05) is 6.92 Å². The normalized spacial score (nSPS) is 20.6. The van der Waals surface area contributed by atoms with Crippen molar-refractivity contribution < 1.29 is 14.3 Å². The molecule has 0 spiro atoms. The van der Waals surface area contributed by atoms with Crippen molar-refractivity contribution in [2.45, 2.75) is 51.7 Å². The lowest BCUT2D eigenvalue weighted by atomic mass is 9.96. The quantitative estimate of drug-likeness (QED) is 0.684. The van der Waals surface area contributed by atoms with E-state index in [2.05, 4.69) is 10.2 Å². The number of ether oxygens (including phenoxy) is 2. The Labute approximate surface area is 123 Å². The van der Waals surface area contributed by atoms with Crippen molar-refractivity contribution in [1.82, 2.24) is 10.2 Å². The van der Waals surface area contributed by atoms with Crippen LogP contribution in [0.5, 0.6) is 0 Å². The van der Waals surface area contributed by atoms with Gasteiger partial charge in [-0.15, -0.1) is 0 Å². The molecule has 1 rings (SSSR count). The molecule has 1 atom stereocenters. The number of rotatable bonds is 8. The molecule has 0 aromatic heterocycles. The van der Waals surface area contributed by atoms with Crippen LogP contribution in [-0.4, -0.2) is 62.4 Å². The predicted molar refractivity (Wildman–Crippen MR) is 79.8 cm³/mol. The van der Waals surface area contributed by atoms with Crippen LogP contribution in [-0.2, 0) is 14.3 Å². The minimum Gasteiger partial charge on any atom is -0.468 e. The number of piperidine rings is 1. The van der Waals surface area contributed by atoms with E-state index < -0.39 is 5.54 Å². The smallest absolute Gasteiger partial charge is 0.325 e. The zero-order valence-corrected chi connectivity index (χ0v) is 13.4. The van der Waals surface area contributed by atoms with Crippen LogP contribution in [0.15, 0.2) is 0 Å². The molecule has 0 bridgehead atoms. The van der Waals surface area contributed by atoms with Gasteiger partial charge in [-0.3, -0.25) is 4.79 Å². The maximum absolute atomic E-state index is 11.9. The van der Waals surface area contributed by atoms with Gasteiger partial charge < -0.3 is 19.7 Å². The molecule has 1 unspecified atom stereocenters. The van der Waals surface area contributed by atoms with Crippen molar-refractivity contribution in [2.24, 2.45) is 0 Å². The van der Waals surface area contributed by atoms with E-state index in [9.17, 15) is 4.79 Å². The third kappa shape index (κ3) is 5.04. The number of nitrogens with one attached hydrogen (secondary N) is 1. The highest BCUT2D eigenvalue weighted by molar-refractivity contribution is 5.80. The summed E-state index contributed by atoms with van der Waals surface area (Å²) in [5.74, 6) is -0.177. The van der Waals surface area contributed by atoms with Crippen LogP contribution >= 0.6 is 0 Å². The lowest BCUT2D eigenvalue weighted by Gasteiger charge is -2.34. The molecule has 0 radical (unpaired) electrons. The molecule has 0 aromatic rings. The molecule has 0 aliphatic carbocycles. The SMILES string of the molecule is CCNC(C)(CCN1CCC(OCC)CC1)C(=O)OC.